The van der Waals surface area contributed by atoms with Crippen LogP contribution in [-0.4, -0.2) is 16.0 Å². The zero-order valence-electron chi connectivity index (χ0n) is 13.0. The van der Waals surface area contributed by atoms with Crippen molar-refractivity contribution in [1.29, 1.82) is 0 Å². The van der Waals surface area contributed by atoms with Crippen molar-refractivity contribution in [2.45, 2.75) is 45.6 Å². The third kappa shape index (κ3) is 4.74. The third-order valence-corrected chi connectivity index (χ3v) is 3.38. The van der Waals surface area contributed by atoms with E-state index in [0.29, 0.717) is 11.9 Å². The number of nitrogens with one attached hydrogen (secondary N) is 1. The number of aryl methyl sites for hydroxylation is 1. The molecule has 1 heterocycles. The van der Waals surface area contributed by atoms with Crippen LogP contribution < -0.4 is 11.1 Å². The highest BCUT2D eigenvalue weighted by Crippen LogP contribution is 2.16. The molecule has 21 heavy (non-hydrogen) atoms. The van der Waals surface area contributed by atoms with Crippen molar-refractivity contribution >= 4 is 11.6 Å². The van der Waals surface area contributed by atoms with Crippen LogP contribution in [0.25, 0.3) is 0 Å². The van der Waals surface area contributed by atoms with E-state index < -0.39 is 0 Å². The number of anilines is 2. The summed E-state index contributed by atoms with van der Waals surface area (Å²) >= 11 is 0. The van der Waals surface area contributed by atoms with Crippen LogP contribution in [0.4, 0.5) is 11.6 Å². The lowest BCUT2D eigenvalue weighted by Gasteiger charge is -2.16. The van der Waals surface area contributed by atoms with Gasteiger partial charge in [-0.15, -0.1) is 0 Å². The molecule has 0 spiro atoms. The number of hydrogen-bond acceptors (Lipinski definition) is 4. The molecule has 0 bridgehead atoms. The van der Waals surface area contributed by atoms with Crippen molar-refractivity contribution in [2.75, 3.05) is 11.1 Å². The van der Waals surface area contributed by atoms with E-state index in [0.717, 1.165) is 24.5 Å². The van der Waals surface area contributed by atoms with Crippen molar-refractivity contribution in [1.82, 2.24) is 9.97 Å². The Kier molecular flexibility index (Phi) is 5.14. The van der Waals surface area contributed by atoms with E-state index in [4.69, 9.17) is 5.73 Å². The average Bonchev–Trinajstić information content (AvgIpc) is 2.45. The highest BCUT2D eigenvalue weighted by molar-refractivity contribution is 5.45. The van der Waals surface area contributed by atoms with Crippen LogP contribution in [-0.2, 0) is 6.42 Å². The molecular formula is C17H24N4. The van der Waals surface area contributed by atoms with Gasteiger partial charge in [0.1, 0.15) is 17.5 Å². The molecule has 2 aromatic rings. The first kappa shape index (κ1) is 15.3. The normalized spacial score (nSPS) is 12.4. The molecule has 1 unspecified atom stereocenters. The van der Waals surface area contributed by atoms with Gasteiger partial charge in [0.05, 0.1) is 0 Å². The molecule has 0 aliphatic rings. The first-order valence-electron chi connectivity index (χ1n) is 7.49. The van der Waals surface area contributed by atoms with E-state index in [1.807, 2.05) is 6.07 Å². The monoisotopic (exact) mass is 284 g/mol. The Bertz CT molecular complexity index is 566. The lowest BCUT2D eigenvalue weighted by atomic mass is 10.1. The van der Waals surface area contributed by atoms with Gasteiger partial charge in [-0.2, -0.15) is 0 Å². The third-order valence-electron chi connectivity index (χ3n) is 3.38. The number of rotatable bonds is 6. The van der Waals surface area contributed by atoms with Gasteiger partial charge in [0, 0.05) is 18.0 Å². The predicted octanol–water partition coefficient (Wildman–Crippen LogP) is 3.62. The van der Waals surface area contributed by atoms with Gasteiger partial charge in [-0.05, 0) is 25.3 Å². The Balaban J connectivity index is 1.94. The first-order chi connectivity index (χ1) is 10.0. The van der Waals surface area contributed by atoms with E-state index in [9.17, 15) is 0 Å². The molecule has 0 saturated carbocycles. The molecule has 0 aliphatic heterocycles. The average molecular weight is 284 g/mol. The molecule has 0 saturated heterocycles. The Morgan fingerprint density at radius 3 is 2.48 bits per heavy atom. The summed E-state index contributed by atoms with van der Waals surface area (Å²) in [5.74, 6) is 2.39. The molecule has 0 aliphatic carbocycles. The highest BCUT2D eigenvalue weighted by Gasteiger charge is 2.09. The number of benzene rings is 1. The number of nitrogen functional groups attached to an aromatic ring is 1. The van der Waals surface area contributed by atoms with Crippen LogP contribution in [0.15, 0.2) is 36.4 Å². The minimum atomic E-state index is 0.272. The van der Waals surface area contributed by atoms with Gasteiger partial charge in [-0.25, -0.2) is 9.97 Å². The van der Waals surface area contributed by atoms with Gasteiger partial charge in [0.2, 0.25) is 0 Å². The lowest BCUT2D eigenvalue weighted by molar-refractivity contribution is 0.698. The fourth-order valence-electron chi connectivity index (χ4n) is 2.17. The summed E-state index contributed by atoms with van der Waals surface area (Å²) in [4.78, 5) is 8.79. The summed E-state index contributed by atoms with van der Waals surface area (Å²) in [7, 11) is 0. The quantitative estimate of drug-likeness (QED) is 0.850. The van der Waals surface area contributed by atoms with Crippen LogP contribution in [0.5, 0.6) is 0 Å². The van der Waals surface area contributed by atoms with Crippen molar-refractivity contribution in [3.8, 4) is 0 Å². The summed E-state index contributed by atoms with van der Waals surface area (Å²) in [5.41, 5.74) is 7.20. The minimum absolute atomic E-state index is 0.272. The summed E-state index contributed by atoms with van der Waals surface area (Å²) in [6.07, 6.45) is 2.09. The fraction of sp³-hybridized carbons (Fsp3) is 0.412. The van der Waals surface area contributed by atoms with Crippen LogP contribution in [0.2, 0.25) is 0 Å². The maximum atomic E-state index is 5.85. The zero-order chi connectivity index (χ0) is 15.2. The number of nitrogens with two attached hydrogens (primary N) is 1. The second-order valence-corrected chi connectivity index (χ2v) is 5.76. The molecule has 1 aromatic heterocycles. The van der Waals surface area contributed by atoms with Gasteiger partial charge in [-0.1, -0.05) is 44.2 Å². The summed E-state index contributed by atoms with van der Waals surface area (Å²) < 4.78 is 0. The molecule has 1 atom stereocenters. The lowest BCUT2D eigenvalue weighted by Crippen LogP contribution is -2.18. The second kappa shape index (κ2) is 7.07. The largest absolute Gasteiger partial charge is 0.384 e. The van der Waals surface area contributed by atoms with Crippen molar-refractivity contribution in [2.24, 2.45) is 0 Å². The van der Waals surface area contributed by atoms with Crippen molar-refractivity contribution in [3.05, 3.63) is 47.8 Å². The minimum Gasteiger partial charge on any atom is -0.384 e. The van der Waals surface area contributed by atoms with Crippen LogP contribution in [0.3, 0.4) is 0 Å². The van der Waals surface area contributed by atoms with E-state index in [1.54, 1.807) is 6.07 Å². The van der Waals surface area contributed by atoms with Gasteiger partial charge in [-0.3, -0.25) is 0 Å². The van der Waals surface area contributed by atoms with Gasteiger partial charge in [0.15, 0.2) is 0 Å². The molecule has 2 rings (SSSR count). The predicted molar refractivity (Wildman–Crippen MR) is 88.4 cm³/mol. The van der Waals surface area contributed by atoms with Crippen LogP contribution >= 0.6 is 0 Å². The summed E-state index contributed by atoms with van der Waals surface area (Å²) in [5, 5.41) is 3.42. The molecule has 0 fully saturated rings. The van der Waals surface area contributed by atoms with Crippen LogP contribution in [0, 0.1) is 0 Å². The Hall–Kier alpha value is -2.10. The molecule has 1 aromatic carbocycles. The topological polar surface area (TPSA) is 63.8 Å². The Morgan fingerprint density at radius 2 is 1.81 bits per heavy atom. The molecule has 4 heteroatoms. The van der Waals surface area contributed by atoms with E-state index in [1.165, 1.54) is 5.56 Å². The molecular weight excluding hydrogens is 260 g/mol. The molecule has 3 N–H and O–H groups in total. The van der Waals surface area contributed by atoms with Gasteiger partial charge >= 0.3 is 0 Å². The number of nitrogens with zero attached hydrogens (tertiary/aromatic N) is 2. The fourth-order valence-corrected chi connectivity index (χ4v) is 2.17. The first-order valence-corrected chi connectivity index (χ1v) is 7.49. The SMILES string of the molecule is CC(CCc1ccccc1)Nc1cc(N)nc(C(C)C)n1. The number of hydrogen-bond donors (Lipinski definition) is 2. The van der Waals surface area contributed by atoms with E-state index >= 15 is 0 Å². The summed E-state index contributed by atoms with van der Waals surface area (Å²) in [6.45, 7) is 6.30. The highest BCUT2D eigenvalue weighted by atomic mass is 15.1. The Morgan fingerprint density at radius 1 is 1.10 bits per heavy atom. The number of aromatic nitrogens is 2. The zero-order valence-corrected chi connectivity index (χ0v) is 13.0. The maximum Gasteiger partial charge on any atom is 0.135 e. The molecule has 0 radical (unpaired) electrons. The van der Waals surface area contributed by atoms with Crippen molar-refractivity contribution < 1.29 is 0 Å². The van der Waals surface area contributed by atoms with Gasteiger partial charge < -0.3 is 11.1 Å². The smallest absolute Gasteiger partial charge is 0.135 e. The maximum absolute atomic E-state index is 5.85. The van der Waals surface area contributed by atoms with Gasteiger partial charge in [0.25, 0.3) is 0 Å². The van der Waals surface area contributed by atoms with E-state index in [-0.39, 0.29) is 5.92 Å². The summed E-state index contributed by atoms with van der Waals surface area (Å²) in [6, 6.07) is 12.6. The molecule has 0 amide bonds. The van der Waals surface area contributed by atoms with Crippen molar-refractivity contribution in [3.63, 3.8) is 0 Å². The Labute approximate surface area is 126 Å². The second-order valence-electron chi connectivity index (χ2n) is 5.76. The van der Waals surface area contributed by atoms with E-state index in [2.05, 4.69) is 60.3 Å². The molecule has 4 nitrogen and oxygen atoms in total. The van der Waals surface area contributed by atoms with Crippen LogP contribution in [0.1, 0.15) is 44.5 Å². The standard InChI is InChI=1S/C17H24N4/c1-12(2)17-20-15(18)11-16(21-17)19-13(3)9-10-14-7-5-4-6-8-14/h4-8,11-13H,9-10H2,1-3H3,(H3,18,19,20,21). The molecule has 112 valence electrons.